The topological polar surface area (TPSA) is 59.8 Å². The molecule has 0 bridgehead atoms. The second-order valence-corrected chi connectivity index (χ2v) is 5.20. The Balaban J connectivity index is 1.98. The van der Waals surface area contributed by atoms with Crippen LogP contribution in [-0.2, 0) is 17.2 Å². The Morgan fingerprint density at radius 1 is 1.58 bits per heavy atom. The highest BCUT2D eigenvalue weighted by Crippen LogP contribution is 2.19. The number of imidazole rings is 1. The molecular weight excluding hydrogens is 264 g/mol. The third-order valence-corrected chi connectivity index (χ3v) is 3.65. The van der Waals surface area contributed by atoms with Gasteiger partial charge in [-0.3, -0.25) is 4.79 Å². The predicted molar refractivity (Wildman–Crippen MR) is 73.0 cm³/mol. The molecular formula is C13H15ClN4O. The lowest BCUT2D eigenvalue weighted by Crippen LogP contribution is -2.30. The average molecular weight is 279 g/mol. The molecule has 1 atom stereocenters. The number of nitrogens with zero attached hydrogens (tertiary/aromatic N) is 3. The lowest BCUT2D eigenvalue weighted by atomic mass is 10.2. The number of pyridine rings is 1. The van der Waals surface area contributed by atoms with Crippen LogP contribution in [0.1, 0.15) is 24.2 Å². The molecule has 0 radical (unpaired) electrons. The third kappa shape index (κ3) is 2.30. The van der Waals surface area contributed by atoms with Crippen molar-refractivity contribution in [3.63, 3.8) is 0 Å². The fourth-order valence-electron chi connectivity index (χ4n) is 2.49. The van der Waals surface area contributed by atoms with Gasteiger partial charge in [0.05, 0.1) is 5.88 Å². The van der Waals surface area contributed by atoms with Crippen molar-refractivity contribution in [2.45, 2.75) is 38.2 Å². The molecule has 5 nitrogen and oxygen atoms in total. The van der Waals surface area contributed by atoms with Crippen LogP contribution in [-0.4, -0.2) is 26.5 Å². The van der Waals surface area contributed by atoms with Gasteiger partial charge in [-0.1, -0.05) is 0 Å². The fourth-order valence-corrected chi connectivity index (χ4v) is 2.69. The first kappa shape index (κ1) is 12.4. The molecule has 1 saturated heterocycles. The van der Waals surface area contributed by atoms with Gasteiger partial charge in [0.25, 0.3) is 0 Å². The maximum absolute atomic E-state index is 11.3. The van der Waals surface area contributed by atoms with E-state index in [0.717, 1.165) is 29.0 Å². The summed E-state index contributed by atoms with van der Waals surface area (Å²) >= 11 is 5.96. The summed E-state index contributed by atoms with van der Waals surface area (Å²) in [7, 11) is 0. The van der Waals surface area contributed by atoms with Crippen molar-refractivity contribution < 1.29 is 4.79 Å². The second kappa shape index (κ2) is 4.81. The van der Waals surface area contributed by atoms with Crippen LogP contribution in [0.5, 0.6) is 0 Å². The van der Waals surface area contributed by atoms with Crippen molar-refractivity contribution in [3.8, 4) is 0 Å². The molecule has 2 aromatic rings. The molecule has 1 aliphatic heterocycles. The summed E-state index contributed by atoms with van der Waals surface area (Å²) in [5.74, 6) is 1.26. The molecule has 1 fully saturated rings. The van der Waals surface area contributed by atoms with Gasteiger partial charge >= 0.3 is 0 Å². The number of carbonyl (C=O) groups is 1. The van der Waals surface area contributed by atoms with Crippen LogP contribution >= 0.6 is 11.6 Å². The largest absolute Gasteiger partial charge is 0.352 e. The number of amides is 1. The minimum absolute atomic E-state index is 0.116. The number of aromatic nitrogens is 3. The van der Waals surface area contributed by atoms with Crippen LogP contribution in [0, 0.1) is 6.92 Å². The van der Waals surface area contributed by atoms with Crippen LogP contribution in [0.15, 0.2) is 12.3 Å². The molecule has 1 N–H and O–H groups in total. The van der Waals surface area contributed by atoms with E-state index in [1.807, 2.05) is 23.8 Å². The van der Waals surface area contributed by atoms with E-state index < -0.39 is 0 Å². The molecule has 1 amide bonds. The highest BCUT2D eigenvalue weighted by atomic mass is 35.5. The highest BCUT2D eigenvalue weighted by molar-refractivity contribution is 6.16. The summed E-state index contributed by atoms with van der Waals surface area (Å²) in [6.45, 7) is 2.67. The smallest absolute Gasteiger partial charge is 0.220 e. The van der Waals surface area contributed by atoms with Gasteiger partial charge in [-0.2, -0.15) is 0 Å². The first-order valence-electron chi connectivity index (χ1n) is 6.34. The van der Waals surface area contributed by atoms with Gasteiger partial charge in [0.1, 0.15) is 11.3 Å². The summed E-state index contributed by atoms with van der Waals surface area (Å²) < 4.78 is 2.01. The highest BCUT2D eigenvalue weighted by Gasteiger charge is 2.23. The molecule has 0 spiro atoms. The van der Waals surface area contributed by atoms with Crippen LogP contribution in [0.4, 0.5) is 0 Å². The van der Waals surface area contributed by atoms with E-state index in [0.29, 0.717) is 18.8 Å². The summed E-state index contributed by atoms with van der Waals surface area (Å²) in [5, 5.41) is 2.96. The van der Waals surface area contributed by atoms with Crippen LogP contribution in [0.3, 0.4) is 0 Å². The van der Waals surface area contributed by atoms with Crippen LogP contribution in [0.2, 0.25) is 0 Å². The van der Waals surface area contributed by atoms with Crippen molar-refractivity contribution >= 4 is 28.7 Å². The van der Waals surface area contributed by atoms with Crippen molar-refractivity contribution in [1.29, 1.82) is 0 Å². The standard InChI is InChI=1S/C13H15ClN4O/c1-8-4-10-13(15-6-8)18(11(5-14)17-10)7-9-2-3-12(19)16-9/h4,6,9H,2-3,5,7H2,1H3,(H,16,19). The van der Waals surface area contributed by atoms with Gasteiger partial charge < -0.3 is 9.88 Å². The van der Waals surface area contributed by atoms with E-state index >= 15 is 0 Å². The fraction of sp³-hybridized carbons (Fsp3) is 0.462. The van der Waals surface area contributed by atoms with E-state index in [2.05, 4.69) is 15.3 Å². The molecule has 100 valence electrons. The van der Waals surface area contributed by atoms with Gasteiger partial charge in [-0.05, 0) is 25.0 Å². The first-order chi connectivity index (χ1) is 9.17. The molecule has 1 unspecified atom stereocenters. The Morgan fingerprint density at radius 2 is 2.42 bits per heavy atom. The number of halogens is 1. The maximum atomic E-state index is 11.3. The van der Waals surface area contributed by atoms with Crippen LogP contribution < -0.4 is 5.32 Å². The minimum atomic E-state index is 0.116. The van der Waals surface area contributed by atoms with E-state index in [9.17, 15) is 4.79 Å². The SMILES string of the molecule is Cc1cnc2c(c1)nc(CCl)n2CC1CCC(=O)N1. The van der Waals surface area contributed by atoms with E-state index in [4.69, 9.17) is 11.6 Å². The third-order valence-electron chi connectivity index (χ3n) is 3.41. The number of nitrogens with one attached hydrogen (secondary N) is 1. The predicted octanol–water partition coefficient (Wildman–Crippen LogP) is 1.76. The average Bonchev–Trinajstić information content (AvgIpc) is 2.94. The Labute approximate surface area is 116 Å². The zero-order valence-corrected chi connectivity index (χ0v) is 11.4. The molecule has 0 aromatic carbocycles. The monoisotopic (exact) mass is 278 g/mol. The number of hydrogen-bond acceptors (Lipinski definition) is 3. The first-order valence-corrected chi connectivity index (χ1v) is 6.88. The lowest BCUT2D eigenvalue weighted by Gasteiger charge is -2.13. The Kier molecular flexibility index (Phi) is 3.14. The maximum Gasteiger partial charge on any atom is 0.220 e. The van der Waals surface area contributed by atoms with Gasteiger partial charge in [-0.15, -0.1) is 11.6 Å². The summed E-state index contributed by atoms with van der Waals surface area (Å²) in [5.41, 5.74) is 2.77. The normalized spacial score (nSPS) is 19.1. The van der Waals surface area contributed by atoms with Crippen LogP contribution in [0.25, 0.3) is 11.2 Å². The number of fused-ring (bicyclic) bond motifs is 1. The van der Waals surface area contributed by atoms with E-state index in [1.165, 1.54) is 0 Å². The van der Waals surface area contributed by atoms with E-state index in [-0.39, 0.29) is 11.9 Å². The van der Waals surface area contributed by atoms with Gasteiger partial charge in [0.2, 0.25) is 5.91 Å². The summed E-state index contributed by atoms with van der Waals surface area (Å²) in [6, 6.07) is 2.15. The Hall–Kier alpha value is -1.62. The number of aryl methyl sites for hydroxylation is 1. The molecule has 3 rings (SSSR count). The van der Waals surface area contributed by atoms with Gasteiger partial charge in [0.15, 0.2) is 5.65 Å². The molecule has 1 aliphatic rings. The Bertz CT molecular complexity index is 637. The second-order valence-electron chi connectivity index (χ2n) is 4.93. The number of alkyl halides is 1. The molecule has 2 aromatic heterocycles. The number of hydrogen-bond donors (Lipinski definition) is 1. The van der Waals surface area contributed by atoms with Crippen molar-refractivity contribution in [2.24, 2.45) is 0 Å². The van der Waals surface area contributed by atoms with Gasteiger partial charge in [-0.25, -0.2) is 9.97 Å². The molecule has 0 saturated carbocycles. The molecule has 0 aliphatic carbocycles. The number of rotatable bonds is 3. The van der Waals surface area contributed by atoms with Crippen molar-refractivity contribution in [1.82, 2.24) is 19.9 Å². The summed E-state index contributed by atoms with van der Waals surface area (Å²) in [4.78, 5) is 20.2. The van der Waals surface area contributed by atoms with E-state index in [1.54, 1.807) is 0 Å². The molecule has 6 heteroatoms. The number of carbonyl (C=O) groups excluding carboxylic acids is 1. The van der Waals surface area contributed by atoms with Gasteiger partial charge in [0, 0.05) is 25.2 Å². The van der Waals surface area contributed by atoms with Crippen molar-refractivity contribution in [2.75, 3.05) is 0 Å². The molecule has 3 heterocycles. The zero-order chi connectivity index (χ0) is 13.4. The molecule has 19 heavy (non-hydrogen) atoms. The minimum Gasteiger partial charge on any atom is -0.352 e. The summed E-state index contributed by atoms with van der Waals surface area (Å²) in [6.07, 6.45) is 3.28. The van der Waals surface area contributed by atoms with Crippen molar-refractivity contribution in [3.05, 3.63) is 23.7 Å². The lowest BCUT2D eigenvalue weighted by molar-refractivity contribution is -0.119. The zero-order valence-electron chi connectivity index (χ0n) is 10.7. The Morgan fingerprint density at radius 3 is 3.11 bits per heavy atom. The quantitative estimate of drug-likeness (QED) is 0.871.